The van der Waals surface area contributed by atoms with E-state index in [9.17, 15) is 13.5 Å². The van der Waals surface area contributed by atoms with Crippen LogP contribution in [0.15, 0.2) is 21.5 Å². The molecule has 0 aromatic heterocycles. The Morgan fingerprint density at radius 3 is 2.38 bits per heavy atom. The number of nitrogens with one attached hydrogen (secondary N) is 1. The van der Waals surface area contributed by atoms with Gasteiger partial charge in [0.1, 0.15) is 4.90 Å². The highest BCUT2D eigenvalue weighted by atomic mass is 79.9. The Hall–Kier alpha value is 0.150. The highest BCUT2D eigenvalue weighted by Gasteiger charge is 2.29. The van der Waals surface area contributed by atoms with Crippen LogP contribution in [0.5, 0.6) is 0 Å². The summed E-state index contributed by atoms with van der Waals surface area (Å²) in [5, 5.41) is 9.43. The third kappa shape index (κ3) is 4.12. The number of hydrogen-bond acceptors (Lipinski definition) is 3. The van der Waals surface area contributed by atoms with Crippen LogP contribution in [0.3, 0.4) is 0 Å². The Bertz CT molecular complexity index is 601. The van der Waals surface area contributed by atoms with E-state index in [-0.39, 0.29) is 39.9 Å². The molecule has 2 unspecified atom stereocenters. The molecular weight excluding hydrogens is 401 g/mol. The highest BCUT2D eigenvalue weighted by molar-refractivity contribution is 9.10. The maximum Gasteiger partial charge on any atom is 0.243 e. The first-order valence-corrected chi connectivity index (χ1v) is 9.63. The largest absolute Gasteiger partial charge is 0.396 e. The molecule has 0 aliphatic heterocycles. The van der Waals surface area contributed by atoms with Gasteiger partial charge in [-0.05, 0) is 36.8 Å². The van der Waals surface area contributed by atoms with Gasteiger partial charge < -0.3 is 5.11 Å². The third-order valence-electron chi connectivity index (χ3n) is 3.82. The number of rotatable bonds is 5. The summed E-state index contributed by atoms with van der Waals surface area (Å²) < 4.78 is 27.9. The molecule has 1 fully saturated rings. The molecule has 0 amide bonds. The molecule has 118 valence electrons. The number of benzene rings is 1. The van der Waals surface area contributed by atoms with Gasteiger partial charge in [-0.3, -0.25) is 0 Å². The summed E-state index contributed by atoms with van der Waals surface area (Å²) in [6, 6.07) is 2.99. The van der Waals surface area contributed by atoms with Gasteiger partial charge in [0, 0.05) is 17.6 Å². The van der Waals surface area contributed by atoms with Crippen LogP contribution in [0.4, 0.5) is 0 Å². The van der Waals surface area contributed by atoms with Crippen LogP contribution in [0.25, 0.3) is 0 Å². The predicted octanol–water partition coefficient (Wildman–Crippen LogP) is 3.44. The third-order valence-corrected chi connectivity index (χ3v) is 6.62. The van der Waals surface area contributed by atoms with E-state index in [2.05, 4.69) is 20.7 Å². The lowest BCUT2D eigenvalue weighted by Gasteiger charge is -2.18. The number of halogens is 3. The van der Waals surface area contributed by atoms with Crippen LogP contribution >= 0.6 is 39.1 Å². The molecular formula is C13H16BrCl2NO3S. The normalized spacial score (nSPS) is 22.7. The number of hydrogen-bond donors (Lipinski definition) is 2. The summed E-state index contributed by atoms with van der Waals surface area (Å²) in [6.45, 7) is 0.377. The van der Waals surface area contributed by atoms with Gasteiger partial charge in [0.05, 0.1) is 10.0 Å². The highest BCUT2D eigenvalue weighted by Crippen LogP contribution is 2.34. The molecule has 2 N–H and O–H groups in total. The predicted molar refractivity (Wildman–Crippen MR) is 87.3 cm³/mol. The lowest BCUT2D eigenvalue weighted by Crippen LogP contribution is -2.32. The van der Waals surface area contributed by atoms with Gasteiger partial charge in [-0.15, -0.1) is 0 Å². The lowest BCUT2D eigenvalue weighted by molar-refractivity contribution is 0.195. The van der Waals surface area contributed by atoms with Crippen LogP contribution in [-0.4, -0.2) is 26.7 Å². The van der Waals surface area contributed by atoms with Gasteiger partial charge >= 0.3 is 0 Å². The number of sulfonamides is 1. The van der Waals surface area contributed by atoms with Crippen molar-refractivity contribution in [2.24, 2.45) is 11.8 Å². The van der Waals surface area contributed by atoms with E-state index in [1.807, 2.05) is 0 Å². The van der Waals surface area contributed by atoms with Crippen molar-refractivity contribution in [3.05, 3.63) is 26.7 Å². The van der Waals surface area contributed by atoms with Gasteiger partial charge in [-0.25, -0.2) is 13.1 Å². The van der Waals surface area contributed by atoms with Crippen LogP contribution in [0.1, 0.15) is 19.3 Å². The van der Waals surface area contributed by atoms with E-state index in [0.717, 1.165) is 19.3 Å². The topological polar surface area (TPSA) is 66.4 Å². The average Bonchev–Trinajstić information content (AvgIpc) is 2.82. The molecule has 0 spiro atoms. The monoisotopic (exact) mass is 415 g/mol. The lowest BCUT2D eigenvalue weighted by atomic mass is 9.97. The molecule has 0 radical (unpaired) electrons. The summed E-state index contributed by atoms with van der Waals surface area (Å²) in [7, 11) is -3.77. The number of aliphatic hydroxyl groups excluding tert-OH is 1. The van der Waals surface area contributed by atoms with Gasteiger partial charge in [-0.2, -0.15) is 0 Å². The molecule has 2 atom stereocenters. The molecule has 1 aliphatic rings. The van der Waals surface area contributed by atoms with Crippen LogP contribution in [-0.2, 0) is 10.0 Å². The quantitative estimate of drug-likeness (QED) is 0.772. The van der Waals surface area contributed by atoms with Gasteiger partial charge in [0.25, 0.3) is 0 Å². The summed E-state index contributed by atoms with van der Waals surface area (Å²) in [5.74, 6) is 0.307. The molecule has 2 rings (SSSR count). The smallest absolute Gasteiger partial charge is 0.243 e. The summed E-state index contributed by atoms with van der Waals surface area (Å²) in [5.41, 5.74) is 0. The molecule has 0 bridgehead atoms. The Morgan fingerprint density at radius 1 is 1.24 bits per heavy atom. The zero-order valence-electron chi connectivity index (χ0n) is 11.2. The Labute approximate surface area is 143 Å². The average molecular weight is 417 g/mol. The second kappa shape index (κ2) is 7.15. The molecule has 1 aliphatic carbocycles. The Kier molecular flexibility index (Phi) is 5.96. The Morgan fingerprint density at radius 2 is 1.81 bits per heavy atom. The minimum Gasteiger partial charge on any atom is -0.396 e. The zero-order valence-corrected chi connectivity index (χ0v) is 15.1. The van der Waals surface area contributed by atoms with Gasteiger partial charge in [-0.1, -0.05) is 45.6 Å². The van der Waals surface area contributed by atoms with Crippen LogP contribution < -0.4 is 4.72 Å². The summed E-state index contributed by atoms with van der Waals surface area (Å²) >= 11 is 15.2. The Balaban J connectivity index is 2.16. The summed E-state index contributed by atoms with van der Waals surface area (Å²) in [4.78, 5) is -0.104. The molecule has 1 aromatic rings. The van der Waals surface area contributed by atoms with Gasteiger partial charge in [0.15, 0.2) is 0 Å². The van der Waals surface area contributed by atoms with Crippen molar-refractivity contribution >= 4 is 49.2 Å². The van der Waals surface area contributed by atoms with Crippen molar-refractivity contribution in [1.29, 1.82) is 0 Å². The molecule has 1 aromatic carbocycles. The second-order valence-corrected chi connectivity index (χ2v) is 8.62. The van der Waals surface area contributed by atoms with Crippen molar-refractivity contribution in [3.8, 4) is 0 Å². The van der Waals surface area contributed by atoms with Crippen molar-refractivity contribution in [2.45, 2.75) is 24.2 Å². The van der Waals surface area contributed by atoms with E-state index in [1.165, 1.54) is 12.1 Å². The SMILES string of the molecule is O=S(=O)(NCC1CCCC1CO)c1c(Cl)cc(Br)cc1Cl. The standard InChI is InChI=1S/C13H16BrCl2NO3S/c14-10-4-11(15)13(12(16)5-10)21(19,20)17-6-8-2-1-3-9(8)7-18/h4-5,8-9,17-18H,1-3,6-7H2. The molecule has 21 heavy (non-hydrogen) atoms. The van der Waals surface area contributed by atoms with Crippen molar-refractivity contribution < 1.29 is 13.5 Å². The molecule has 4 nitrogen and oxygen atoms in total. The minimum atomic E-state index is -3.77. The summed E-state index contributed by atoms with van der Waals surface area (Å²) in [6.07, 6.45) is 2.86. The fraction of sp³-hybridized carbons (Fsp3) is 0.538. The van der Waals surface area contributed by atoms with Gasteiger partial charge in [0.2, 0.25) is 10.0 Å². The van der Waals surface area contributed by atoms with Crippen molar-refractivity contribution in [2.75, 3.05) is 13.2 Å². The van der Waals surface area contributed by atoms with E-state index in [1.54, 1.807) is 0 Å². The minimum absolute atomic E-state index is 0.0759. The first kappa shape index (κ1) is 17.5. The van der Waals surface area contributed by atoms with Crippen LogP contribution in [0.2, 0.25) is 10.0 Å². The zero-order chi connectivity index (χ0) is 15.6. The van der Waals surface area contributed by atoms with E-state index in [4.69, 9.17) is 23.2 Å². The second-order valence-electron chi connectivity index (χ2n) is 5.18. The molecule has 8 heteroatoms. The molecule has 0 heterocycles. The van der Waals surface area contributed by atoms with E-state index in [0.29, 0.717) is 4.47 Å². The molecule has 1 saturated carbocycles. The van der Waals surface area contributed by atoms with Crippen molar-refractivity contribution in [1.82, 2.24) is 4.72 Å². The van der Waals surface area contributed by atoms with E-state index >= 15 is 0 Å². The molecule has 0 saturated heterocycles. The fourth-order valence-electron chi connectivity index (χ4n) is 2.70. The first-order chi connectivity index (χ1) is 9.85. The first-order valence-electron chi connectivity index (χ1n) is 6.60. The number of aliphatic hydroxyl groups is 1. The van der Waals surface area contributed by atoms with E-state index < -0.39 is 10.0 Å². The van der Waals surface area contributed by atoms with Crippen LogP contribution in [0, 0.1) is 11.8 Å². The maximum atomic E-state index is 12.4. The van der Waals surface area contributed by atoms with Crippen molar-refractivity contribution in [3.63, 3.8) is 0 Å². The maximum absolute atomic E-state index is 12.4. The fourth-order valence-corrected chi connectivity index (χ4v) is 5.72.